The third-order valence-electron chi connectivity index (χ3n) is 2.07. The summed E-state index contributed by atoms with van der Waals surface area (Å²) < 4.78 is 0. The molecule has 1 unspecified atom stereocenters. The van der Waals surface area contributed by atoms with Crippen molar-refractivity contribution in [1.29, 1.82) is 0 Å². The van der Waals surface area contributed by atoms with E-state index in [1.165, 1.54) is 11.3 Å². The maximum Gasteiger partial charge on any atom is 0.308 e. The number of aromatic nitrogens is 2. The SMILES string of the molecule is CC(C)(C)CC(CNc1nncs1)C(=O)O. The molecular weight excluding hydrogens is 226 g/mol. The molecule has 6 heteroatoms. The van der Waals surface area contributed by atoms with Crippen molar-refractivity contribution >= 4 is 22.4 Å². The molecule has 0 aliphatic heterocycles. The highest BCUT2D eigenvalue weighted by atomic mass is 32.1. The van der Waals surface area contributed by atoms with Crippen LogP contribution in [0.1, 0.15) is 27.2 Å². The summed E-state index contributed by atoms with van der Waals surface area (Å²) in [6.45, 7) is 6.50. The Kier molecular flexibility index (Phi) is 4.23. The lowest BCUT2D eigenvalue weighted by Crippen LogP contribution is -2.27. The zero-order valence-corrected chi connectivity index (χ0v) is 10.5. The van der Waals surface area contributed by atoms with Crippen LogP contribution in [0, 0.1) is 11.3 Å². The molecule has 5 nitrogen and oxygen atoms in total. The molecule has 0 bridgehead atoms. The molecule has 1 atom stereocenters. The molecule has 0 aliphatic carbocycles. The minimum Gasteiger partial charge on any atom is -0.481 e. The highest BCUT2D eigenvalue weighted by molar-refractivity contribution is 7.13. The third kappa shape index (κ3) is 4.57. The smallest absolute Gasteiger partial charge is 0.308 e. The van der Waals surface area contributed by atoms with Crippen LogP contribution in [0.15, 0.2) is 5.51 Å². The first kappa shape index (κ1) is 12.9. The van der Waals surface area contributed by atoms with E-state index in [0.717, 1.165) is 0 Å². The summed E-state index contributed by atoms with van der Waals surface area (Å²) in [7, 11) is 0. The van der Waals surface area contributed by atoms with Gasteiger partial charge < -0.3 is 10.4 Å². The van der Waals surface area contributed by atoms with E-state index in [4.69, 9.17) is 5.11 Å². The predicted molar refractivity (Wildman–Crippen MR) is 63.6 cm³/mol. The number of anilines is 1. The molecule has 2 N–H and O–H groups in total. The Morgan fingerprint density at radius 2 is 2.31 bits per heavy atom. The molecule has 0 saturated carbocycles. The number of carboxylic acid groups (broad SMARTS) is 1. The third-order valence-corrected chi connectivity index (χ3v) is 2.72. The molecule has 1 aromatic rings. The first-order chi connectivity index (χ1) is 7.38. The Morgan fingerprint density at radius 3 is 2.75 bits per heavy atom. The van der Waals surface area contributed by atoms with Crippen LogP contribution in [0.3, 0.4) is 0 Å². The van der Waals surface area contributed by atoms with Gasteiger partial charge in [0, 0.05) is 6.54 Å². The van der Waals surface area contributed by atoms with Crippen LogP contribution in [0.2, 0.25) is 0 Å². The van der Waals surface area contributed by atoms with Gasteiger partial charge in [-0.15, -0.1) is 10.2 Å². The van der Waals surface area contributed by atoms with E-state index in [9.17, 15) is 4.79 Å². The predicted octanol–water partition coefficient (Wildman–Crippen LogP) is 2.09. The van der Waals surface area contributed by atoms with E-state index in [2.05, 4.69) is 15.5 Å². The maximum absolute atomic E-state index is 11.1. The average molecular weight is 243 g/mol. The lowest BCUT2D eigenvalue weighted by atomic mass is 9.84. The fourth-order valence-corrected chi connectivity index (χ4v) is 1.90. The van der Waals surface area contributed by atoms with Crippen molar-refractivity contribution < 1.29 is 9.90 Å². The summed E-state index contributed by atoms with van der Waals surface area (Å²) in [4.78, 5) is 11.1. The van der Waals surface area contributed by atoms with Gasteiger partial charge in [0.15, 0.2) is 0 Å². The number of aliphatic carboxylic acids is 1. The second-order valence-corrected chi connectivity index (χ2v) is 5.76. The number of rotatable bonds is 5. The van der Waals surface area contributed by atoms with Crippen LogP contribution in [0.25, 0.3) is 0 Å². The maximum atomic E-state index is 11.1. The lowest BCUT2D eigenvalue weighted by molar-refractivity contribution is -0.142. The van der Waals surface area contributed by atoms with Gasteiger partial charge in [0.2, 0.25) is 5.13 Å². The van der Waals surface area contributed by atoms with E-state index in [1.807, 2.05) is 20.8 Å². The molecule has 0 amide bonds. The van der Waals surface area contributed by atoms with E-state index in [-0.39, 0.29) is 5.41 Å². The summed E-state index contributed by atoms with van der Waals surface area (Å²) in [5.74, 6) is -1.17. The standard InChI is InChI=1S/C10H17N3O2S/c1-10(2,3)4-7(8(14)15)5-11-9-13-12-6-16-9/h6-7H,4-5H2,1-3H3,(H,11,13)(H,14,15). The second kappa shape index (κ2) is 5.25. The fourth-order valence-electron chi connectivity index (χ4n) is 1.45. The van der Waals surface area contributed by atoms with E-state index < -0.39 is 11.9 Å². The molecule has 1 rings (SSSR count). The highest BCUT2D eigenvalue weighted by Gasteiger charge is 2.24. The highest BCUT2D eigenvalue weighted by Crippen LogP contribution is 2.25. The largest absolute Gasteiger partial charge is 0.481 e. The monoisotopic (exact) mass is 243 g/mol. The van der Waals surface area contributed by atoms with Crippen molar-refractivity contribution in [3.63, 3.8) is 0 Å². The molecule has 90 valence electrons. The number of nitrogens with one attached hydrogen (secondary N) is 1. The van der Waals surface area contributed by atoms with E-state index in [0.29, 0.717) is 18.1 Å². The normalized spacial score (nSPS) is 13.4. The van der Waals surface area contributed by atoms with Crippen LogP contribution in [0.4, 0.5) is 5.13 Å². The van der Waals surface area contributed by atoms with Gasteiger partial charge >= 0.3 is 5.97 Å². The summed E-state index contributed by atoms with van der Waals surface area (Å²) >= 11 is 1.37. The Hall–Kier alpha value is -1.17. The Morgan fingerprint density at radius 1 is 1.62 bits per heavy atom. The van der Waals surface area contributed by atoms with Gasteiger partial charge in [-0.2, -0.15) is 0 Å². The second-order valence-electron chi connectivity index (χ2n) is 4.92. The van der Waals surface area contributed by atoms with Crippen molar-refractivity contribution in [3.8, 4) is 0 Å². The molecule has 0 radical (unpaired) electrons. The van der Waals surface area contributed by atoms with Gasteiger partial charge in [0.25, 0.3) is 0 Å². The van der Waals surface area contributed by atoms with Crippen molar-refractivity contribution in [2.75, 3.05) is 11.9 Å². The van der Waals surface area contributed by atoms with Crippen molar-refractivity contribution in [1.82, 2.24) is 10.2 Å². The van der Waals surface area contributed by atoms with Crippen LogP contribution in [0.5, 0.6) is 0 Å². The minimum atomic E-state index is -0.771. The van der Waals surface area contributed by atoms with Crippen molar-refractivity contribution in [3.05, 3.63) is 5.51 Å². The van der Waals surface area contributed by atoms with Crippen LogP contribution in [-0.4, -0.2) is 27.8 Å². The lowest BCUT2D eigenvalue weighted by Gasteiger charge is -2.23. The summed E-state index contributed by atoms with van der Waals surface area (Å²) in [5, 5.41) is 20.2. The van der Waals surface area contributed by atoms with E-state index in [1.54, 1.807) is 5.51 Å². The molecule has 0 spiro atoms. The molecule has 0 saturated heterocycles. The topological polar surface area (TPSA) is 75.1 Å². The van der Waals surface area contributed by atoms with Gasteiger partial charge in [-0.05, 0) is 11.8 Å². The zero-order chi connectivity index (χ0) is 12.2. The molecule has 1 heterocycles. The number of carboxylic acids is 1. The van der Waals surface area contributed by atoms with Crippen LogP contribution in [-0.2, 0) is 4.79 Å². The Balaban J connectivity index is 2.49. The van der Waals surface area contributed by atoms with Gasteiger partial charge in [-0.25, -0.2) is 0 Å². The number of nitrogens with zero attached hydrogens (tertiary/aromatic N) is 2. The summed E-state index contributed by atoms with van der Waals surface area (Å²) in [5.41, 5.74) is 1.62. The van der Waals surface area contributed by atoms with E-state index >= 15 is 0 Å². The van der Waals surface area contributed by atoms with Crippen molar-refractivity contribution in [2.24, 2.45) is 11.3 Å². The quantitative estimate of drug-likeness (QED) is 0.828. The molecule has 1 aromatic heterocycles. The first-order valence-corrected chi connectivity index (χ1v) is 5.99. The fraction of sp³-hybridized carbons (Fsp3) is 0.700. The molecule has 0 fully saturated rings. The number of carbonyl (C=O) groups is 1. The molecular formula is C10H17N3O2S. The first-order valence-electron chi connectivity index (χ1n) is 5.11. The average Bonchev–Trinajstić information content (AvgIpc) is 2.62. The summed E-state index contributed by atoms with van der Waals surface area (Å²) in [6, 6.07) is 0. The molecule has 0 aliphatic rings. The van der Waals surface area contributed by atoms with Crippen molar-refractivity contribution in [2.45, 2.75) is 27.2 Å². The van der Waals surface area contributed by atoms with Crippen LogP contribution < -0.4 is 5.32 Å². The zero-order valence-electron chi connectivity index (χ0n) is 9.73. The van der Waals surface area contributed by atoms with Crippen LogP contribution >= 0.6 is 11.3 Å². The molecule has 0 aromatic carbocycles. The van der Waals surface area contributed by atoms with Gasteiger partial charge in [-0.3, -0.25) is 4.79 Å². The Bertz CT molecular complexity index is 332. The van der Waals surface area contributed by atoms with Gasteiger partial charge in [-0.1, -0.05) is 32.1 Å². The summed E-state index contributed by atoms with van der Waals surface area (Å²) in [6.07, 6.45) is 0.633. The number of hydrogen-bond acceptors (Lipinski definition) is 5. The van der Waals surface area contributed by atoms with Gasteiger partial charge in [0.1, 0.15) is 5.51 Å². The Labute approximate surface area is 98.9 Å². The molecule has 16 heavy (non-hydrogen) atoms. The number of hydrogen-bond donors (Lipinski definition) is 2. The minimum absolute atomic E-state index is 0.00582. The van der Waals surface area contributed by atoms with Gasteiger partial charge in [0.05, 0.1) is 5.92 Å².